The summed E-state index contributed by atoms with van der Waals surface area (Å²) in [5, 5.41) is 6.10. The highest BCUT2D eigenvalue weighted by Gasteiger charge is 2.04. The lowest BCUT2D eigenvalue weighted by molar-refractivity contribution is -0.115. The summed E-state index contributed by atoms with van der Waals surface area (Å²) in [6.07, 6.45) is 1.05. The Bertz CT molecular complexity index is 418. The Morgan fingerprint density at radius 3 is 2.65 bits per heavy atom. The Labute approximate surface area is 122 Å². The smallest absolute Gasteiger partial charge is 0.238 e. The van der Waals surface area contributed by atoms with Gasteiger partial charge < -0.3 is 15.5 Å². The highest BCUT2D eigenvalue weighted by atomic mass is 16.1. The molecule has 20 heavy (non-hydrogen) atoms. The Kier molecular flexibility index (Phi) is 7.26. The molecule has 0 aliphatic carbocycles. The van der Waals surface area contributed by atoms with E-state index in [2.05, 4.69) is 36.4 Å². The monoisotopic (exact) mass is 277 g/mol. The number of amides is 1. The van der Waals surface area contributed by atoms with Gasteiger partial charge in [0.2, 0.25) is 5.91 Å². The first kappa shape index (κ1) is 16.7. The Balaban J connectivity index is 2.17. The molecular weight excluding hydrogens is 250 g/mol. The molecule has 2 N–H and O–H groups in total. The number of nitrogens with zero attached hydrogens (tertiary/aromatic N) is 1. The SMILES string of the molecule is Cc1ccccc1NC(=O)CNCCCN(C)C(C)C. The third-order valence-corrected chi connectivity index (χ3v) is 3.45. The molecule has 0 aliphatic rings. The molecule has 0 heterocycles. The summed E-state index contributed by atoms with van der Waals surface area (Å²) < 4.78 is 0. The van der Waals surface area contributed by atoms with E-state index in [1.165, 1.54) is 0 Å². The number of anilines is 1. The minimum absolute atomic E-state index is 0.0107. The first-order valence-electron chi connectivity index (χ1n) is 7.27. The van der Waals surface area contributed by atoms with E-state index in [-0.39, 0.29) is 5.91 Å². The highest BCUT2D eigenvalue weighted by Crippen LogP contribution is 2.12. The molecule has 0 fully saturated rings. The van der Waals surface area contributed by atoms with Gasteiger partial charge >= 0.3 is 0 Å². The number of hydrogen-bond donors (Lipinski definition) is 2. The second kappa shape index (κ2) is 8.72. The number of carbonyl (C=O) groups is 1. The maximum absolute atomic E-state index is 11.8. The summed E-state index contributed by atoms with van der Waals surface area (Å²) in [5.41, 5.74) is 1.97. The van der Waals surface area contributed by atoms with E-state index in [4.69, 9.17) is 0 Å². The van der Waals surface area contributed by atoms with Crippen LogP contribution in [0.25, 0.3) is 0 Å². The van der Waals surface area contributed by atoms with Gasteiger partial charge in [-0.1, -0.05) is 18.2 Å². The lowest BCUT2D eigenvalue weighted by atomic mass is 10.2. The highest BCUT2D eigenvalue weighted by molar-refractivity contribution is 5.92. The van der Waals surface area contributed by atoms with Crippen LogP contribution in [-0.2, 0) is 4.79 Å². The van der Waals surface area contributed by atoms with Gasteiger partial charge in [-0.15, -0.1) is 0 Å². The average Bonchev–Trinajstić information content (AvgIpc) is 2.40. The van der Waals surface area contributed by atoms with E-state index in [0.717, 1.165) is 30.8 Å². The Morgan fingerprint density at radius 2 is 2.00 bits per heavy atom. The first-order valence-corrected chi connectivity index (χ1v) is 7.27. The molecule has 0 saturated heterocycles. The maximum Gasteiger partial charge on any atom is 0.238 e. The van der Waals surface area contributed by atoms with Crippen molar-refractivity contribution in [2.45, 2.75) is 33.2 Å². The molecule has 112 valence electrons. The predicted molar refractivity (Wildman–Crippen MR) is 85.1 cm³/mol. The second-order valence-electron chi connectivity index (χ2n) is 5.47. The van der Waals surface area contributed by atoms with Crippen molar-refractivity contribution in [3.8, 4) is 0 Å². The zero-order valence-corrected chi connectivity index (χ0v) is 13.1. The fraction of sp³-hybridized carbons (Fsp3) is 0.562. The van der Waals surface area contributed by atoms with Gasteiger partial charge in [-0.2, -0.15) is 0 Å². The number of nitrogens with one attached hydrogen (secondary N) is 2. The van der Waals surface area contributed by atoms with Gasteiger partial charge in [-0.3, -0.25) is 4.79 Å². The molecule has 0 saturated carbocycles. The molecule has 0 aromatic heterocycles. The van der Waals surface area contributed by atoms with Gasteiger partial charge in [-0.25, -0.2) is 0 Å². The van der Waals surface area contributed by atoms with Crippen LogP contribution in [0.3, 0.4) is 0 Å². The van der Waals surface area contributed by atoms with Crippen LogP contribution < -0.4 is 10.6 Å². The van der Waals surface area contributed by atoms with Crippen LogP contribution in [-0.4, -0.2) is 43.5 Å². The summed E-state index contributed by atoms with van der Waals surface area (Å²) >= 11 is 0. The van der Waals surface area contributed by atoms with Crippen molar-refractivity contribution in [3.05, 3.63) is 29.8 Å². The molecular formula is C16H27N3O. The largest absolute Gasteiger partial charge is 0.325 e. The molecule has 1 amide bonds. The van der Waals surface area contributed by atoms with Gasteiger partial charge in [0.25, 0.3) is 0 Å². The van der Waals surface area contributed by atoms with Crippen LogP contribution in [0.1, 0.15) is 25.8 Å². The number of benzene rings is 1. The summed E-state index contributed by atoms with van der Waals surface area (Å²) in [4.78, 5) is 14.1. The van der Waals surface area contributed by atoms with Gasteiger partial charge in [0.05, 0.1) is 6.54 Å². The van der Waals surface area contributed by atoms with Crippen LogP contribution in [0.5, 0.6) is 0 Å². The van der Waals surface area contributed by atoms with Crippen LogP contribution in [0.4, 0.5) is 5.69 Å². The molecule has 4 nitrogen and oxygen atoms in total. The molecule has 0 atom stereocenters. The van der Waals surface area contributed by atoms with E-state index in [1.54, 1.807) is 0 Å². The van der Waals surface area contributed by atoms with Crippen molar-refractivity contribution in [1.29, 1.82) is 0 Å². The molecule has 0 spiro atoms. The summed E-state index contributed by atoms with van der Waals surface area (Å²) in [6.45, 7) is 8.62. The lowest BCUT2D eigenvalue weighted by Crippen LogP contribution is -2.32. The summed E-state index contributed by atoms with van der Waals surface area (Å²) in [7, 11) is 2.12. The minimum Gasteiger partial charge on any atom is -0.325 e. The van der Waals surface area contributed by atoms with E-state index >= 15 is 0 Å². The first-order chi connectivity index (χ1) is 9.50. The van der Waals surface area contributed by atoms with Crippen molar-refractivity contribution in [2.24, 2.45) is 0 Å². The zero-order chi connectivity index (χ0) is 15.0. The fourth-order valence-electron chi connectivity index (χ4n) is 1.82. The van der Waals surface area contributed by atoms with Crippen LogP contribution in [0.15, 0.2) is 24.3 Å². The molecule has 4 heteroatoms. The molecule has 1 aromatic carbocycles. The number of rotatable bonds is 8. The zero-order valence-electron chi connectivity index (χ0n) is 13.1. The topological polar surface area (TPSA) is 44.4 Å². The minimum atomic E-state index is 0.0107. The standard InChI is InChI=1S/C16H27N3O/c1-13(2)19(4)11-7-10-17-12-16(20)18-15-9-6-5-8-14(15)3/h5-6,8-9,13,17H,7,10-12H2,1-4H3,(H,18,20). The Hall–Kier alpha value is -1.39. The van der Waals surface area contributed by atoms with E-state index in [0.29, 0.717) is 12.6 Å². The van der Waals surface area contributed by atoms with Crippen molar-refractivity contribution in [1.82, 2.24) is 10.2 Å². The van der Waals surface area contributed by atoms with E-state index in [9.17, 15) is 4.79 Å². The quantitative estimate of drug-likeness (QED) is 0.716. The van der Waals surface area contributed by atoms with Crippen molar-refractivity contribution >= 4 is 11.6 Å². The van der Waals surface area contributed by atoms with Crippen LogP contribution in [0, 0.1) is 6.92 Å². The third-order valence-electron chi connectivity index (χ3n) is 3.45. The normalized spacial score (nSPS) is 11.1. The molecule has 0 bridgehead atoms. The number of carbonyl (C=O) groups excluding carboxylic acids is 1. The summed E-state index contributed by atoms with van der Waals surface area (Å²) in [5.74, 6) is 0.0107. The third kappa shape index (κ3) is 6.17. The molecule has 0 unspecified atom stereocenters. The van der Waals surface area contributed by atoms with Gasteiger partial charge in [-0.05, 0) is 59.0 Å². The van der Waals surface area contributed by atoms with E-state index < -0.39 is 0 Å². The lowest BCUT2D eigenvalue weighted by Gasteiger charge is -2.20. The van der Waals surface area contributed by atoms with E-state index in [1.807, 2.05) is 31.2 Å². The van der Waals surface area contributed by atoms with Crippen molar-refractivity contribution in [3.63, 3.8) is 0 Å². The Morgan fingerprint density at radius 1 is 1.30 bits per heavy atom. The number of aryl methyl sites for hydroxylation is 1. The number of hydrogen-bond acceptors (Lipinski definition) is 3. The maximum atomic E-state index is 11.8. The fourth-order valence-corrected chi connectivity index (χ4v) is 1.82. The molecule has 0 aliphatic heterocycles. The van der Waals surface area contributed by atoms with Crippen molar-refractivity contribution in [2.75, 3.05) is 32.0 Å². The molecule has 0 radical (unpaired) electrons. The average molecular weight is 277 g/mol. The predicted octanol–water partition coefficient (Wildman–Crippen LogP) is 2.25. The molecule has 1 rings (SSSR count). The van der Waals surface area contributed by atoms with Crippen LogP contribution >= 0.6 is 0 Å². The van der Waals surface area contributed by atoms with Crippen molar-refractivity contribution < 1.29 is 4.79 Å². The van der Waals surface area contributed by atoms with Gasteiger partial charge in [0.1, 0.15) is 0 Å². The molecule has 1 aromatic rings. The van der Waals surface area contributed by atoms with Crippen LogP contribution in [0.2, 0.25) is 0 Å². The van der Waals surface area contributed by atoms with Gasteiger partial charge in [0.15, 0.2) is 0 Å². The van der Waals surface area contributed by atoms with Gasteiger partial charge in [0, 0.05) is 11.7 Å². The summed E-state index contributed by atoms with van der Waals surface area (Å²) in [6, 6.07) is 8.38. The second-order valence-corrected chi connectivity index (χ2v) is 5.47. The number of para-hydroxylation sites is 1.